The lowest BCUT2D eigenvalue weighted by Crippen LogP contribution is -2.22. The van der Waals surface area contributed by atoms with Crippen LogP contribution in [-0.2, 0) is 6.42 Å². The molecular formula is C16H23NO2. The smallest absolute Gasteiger partial charge is 0.165 e. The first-order valence-corrected chi connectivity index (χ1v) is 6.75. The number of benzene rings is 1. The van der Waals surface area contributed by atoms with Crippen molar-refractivity contribution < 1.29 is 9.47 Å². The van der Waals surface area contributed by atoms with Gasteiger partial charge in [0.15, 0.2) is 11.5 Å². The van der Waals surface area contributed by atoms with Gasteiger partial charge in [0, 0.05) is 6.04 Å². The average molecular weight is 261 g/mol. The molecule has 0 aromatic heterocycles. The van der Waals surface area contributed by atoms with Gasteiger partial charge in [-0.1, -0.05) is 25.0 Å². The molecule has 2 N–H and O–H groups in total. The van der Waals surface area contributed by atoms with Crippen molar-refractivity contribution >= 4 is 0 Å². The molecule has 0 heterocycles. The second-order valence-electron chi connectivity index (χ2n) is 4.27. The first-order chi connectivity index (χ1) is 9.22. The molecule has 1 unspecified atom stereocenters. The second kappa shape index (κ2) is 8.44. The highest BCUT2D eigenvalue weighted by Gasteiger charge is 2.13. The van der Waals surface area contributed by atoms with Crippen molar-refractivity contribution in [1.82, 2.24) is 0 Å². The van der Waals surface area contributed by atoms with Crippen LogP contribution in [-0.4, -0.2) is 19.3 Å². The van der Waals surface area contributed by atoms with Gasteiger partial charge in [0.25, 0.3) is 0 Å². The number of para-hydroxylation sites is 1. The Morgan fingerprint density at radius 1 is 1.26 bits per heavy atom. The monoisotopic (exact) mass is 261 g/mol. The van der Waals surface area contributed by atoms with Crippen LogP contribution in [0.1, 0.15) is 32.8 Å². The number of rotatable bonds is 7. The summed E-state index contributed by atoms with van der Waals surface area (Å²) in [6.45, 7) is 6.82. The third kappa shape index (κ3) is 4.84. The highest BCUT2D eigenvalue weighted by Crippen LogP contribution is 2.32. The molecule has 1 rings (SSSR count). The highest BCUT2D eigenvalue weighted by molar-refractivity contribution is 5.47. The molecule has 0 saturated carbocycles. The van der Waals surface area contributed by atoms with Crippen LogP contribution < -0.4 is 15.2 Å². The molecule has 19 heavy (non-hydrogen) atoms. The molecule has 0 amide bonds. The zero-order valence-electron chi connectivity index (χ0n) is 12.0. The minimum absolute atomic E-state index is 0.136. The summed E-state index contributed by atoms with van der Waals surface area (Å²) >= 11 is 0. The fraction of sp³-hybridized carbons (Fsp3) is 0.500. The molecule has 104 valence electrons. The first kappa shape index (κ1) is 15.4. The topological polar surface area (TPSA) is 44.5 Å². The van der Waals surface area contributed by atoms with Crippen LogP contribution in [0.25, 0.3) is 0 Å². The van der Waals surface area contributed by atoms with Crippen LogP contribution in [0.4, 0.5) is 0 Å². The van der Waals surface area contributed by atoms with E-state index in [1.54, 1.807) is 6.92 Å². The Labute approximate surface area is 116 Å². The van der Waals surface area contributed by atoms with Crippen molar-refractivity contribution in [2.75, 3.05) is 13.2 Å². The van der Waals surface area contributed by atoms with E-state index >= 15 is 0 Å². The average Bonchev–Trinajstić information content (AvgIpc) is 2.42. The van der Waals surface area contributed by atoms with Crippen molar-refractivity contribution in [3.63, 3.8) is 0 Å². The van der Waals surface area contributed by atoms with Crippen molar-refractivity contribution in [2.45, 2.75) is 39.7 Å². The maximum atomic E-state index is 6.03. The molecule has 0 aliphatic carbocycles. The van der Waals surface area contributed by atoms with E-state index in [2.05, 4.69) is 18.8 Å². The van der Waals surface area contributed by atoms with Crippen molar-refractivity contribution in [3.05, 3.63) is 23.8 Å². The van der Waals surface area contributed by atoms with Gasteiger partial charge in [0.2, 0.25) is 0 Å². The number of hydrogen-bond acceptors (Lipinski definition) is 3. The summed E-state index contributed by atoms with van der Waals surface area (Å²) in [6.07, 6.45) is 1.72. The summed E-state index contributed by atoms with van der Waals surface area (Å²) < 4.78 is 11.4. The van der Waals surface area contributed by atoms with Gasteiger partial charge in [0.1, 0.15) is 6.61 Å². The van der Waals surface area contributed by atoms with Crippen LogP contribution in [0.2, 0.25) is 0 Å². The minimum Gasteiger partial charge on any atom is -0.490 e. The molecule has 1 aromatic rings. The van der Waals surface area contributed by atoms with Gasteiger partial charge in [0.05, 0.1) is 6.61 Å². The molecule has 3 nitrogen and oxygen atoms in total. The van der Waals surface area contributed by atoms with Gasteiger partial charge in [-0.05, 0) is 38.3 Å². The largest absolute Gasteiger partial charge is 0.490 e. The zero-order valence-corrected chi connectivity index (χ0v) is 12.0. The van der Waals surface area contributed by atoms with Crippen molar-refractivity contribution in [2.24, 2.45) is 5.73 Å². The molecule has 0 aliphatic heterocycles. The lowest BCUT2D eigenvalue weighted by molar-refractivity contribution is 0.296. The quantitative estimate of drug-likeness (QED) is 0.768. The molecule has 0 radical (unpaired) electrons. The Morgan fingerprint density at radius 3 is 2.68 bits per heavy atom. The molecule has 1 aromatic carbocycles. The molecule has 0 spiro atoms. The van der Waals surface area contributed by atoms with Gasteiger partial charge in [-0.2, -0.15) is 0 Å². The normalized spacial score (nSPS) is 11.4. The Bertz CT molecular complexity index is 446. The molecule has 0 aliphatic rings. The van der Waals surface area contributed by atoms with E-state index in [-0.39, 0.29) is 6.04 Å². The standard InChI is InChI=1S/C16H23NO2/c1-4-7-11-19-16-13(12-14(17)5-2)9-8-10-15(16)18-6-3/h8-10,14H,5-6,11-12,17H2,1-3H3. The first-order valence-electron chi connectivity index (χ1n) is 6.75. The van der Waals surface area contributed by atoms with Crippen LogP contribution in [0, 0.1) is 11.8 Å². The summed E-state index contributed by atoms with van der Waals surface area (Å²) in [7, 11) is 0. The summed E-state index contributed by atoms with van der Waals surface area (Å²) in [5, 5.41) is 0. The van der Waals surface area contributed by atoms with Gasteiger partial charge >= 0.3 is 0 Å². The van der Waals surface area contributed by atoms with Crippen LogP contribution in [0.15, 0.2) is 18.2 Å². The van der Waals surface area contributed by atoms with Crippen LogP contribution in [0.5, 0.6) is 11.5 Å². The Kier molecular flexibility index (Phi) is 6.84. The molecular weight excluding hydrogens is 238 g/mol. The van der Waals surface area contributed by atoms with Crippen molar-refractivity contribution in [3.8, 4) is 23.3 Å². The SMILES string of the molecule is CC#CCOc1c(CC(N)CC)cccc1OCC. The van der Waals surface area contributed by atoms with E-state index in [9.17, 15) is 0 Å². The van der Waals surface area contributed by atoms with Gasteiger partial charge in [-0.15, -0.1) is 5.92 Å². The van der Waals surface area contributed by atoms with E-state index in [0.29, 0.717) is 13.2 Å². The van der Waals surface area contributed by atoms with E-state index in [1.807, 2.05) is 25.1 Å². The number of hydrogen-bond donors (Lipinski definition) is 1. The fourth-order valence-electron chi connectivity index (χ4n) is 1.76. The maximum Gasteiger partial charge on any atom is 0.165 e. The summed E-state index contributed by atoms with van der Waals surface area (Å²) in [4.78, 5) is 0. The number of nitrogens with two attached hydrogens (primary N) is 1. The Morgan fingerprint density at radius 2 is 2.05 bits per heavy atom. The summed E-state index contributed by atoms with van der Waals surface area (Å²) in [6, 6.07) is 6.06. The van der Waals surface area contributed by atoms with E-state index in [0.717, 1.165) is 29.9 Å². The Balaban J connectivity index is 2.97. The third-order valence-corrected chi connectivity index (χ3v) is 2.83. The van der Waals surface area contributed by atoms with E-state index in [4.69, 9.17) is 15.2 Å². The van der Waals surface area contributed by atoms with Crippen LogP contribution >= 0.6 is 0 Å². The number of ether oxygens (including phenoxy) is 2. The molecule has 0 saturated heterocycles. The van der Waals surface area contributed by atoms with E-state index in [1.165, 1.54) is 0 Å². The Hall–Kier alpha value is -1.66. The third-order valence-electron chi connectivity index (χ3n) is 2.83. The fourth-order valence-corrected chi connectivity index (χ4v) is 1.76. The van der Waals surface area contributed by atoms with Gasteiger partial charge in [-0.25, -0.2) is 0 Å². The predicted octanol–water partition coefficient (Wildman–Crippen LogP) is 2.77. The minimum atomic E-state index is 0.136. The highest BCUT2D eigenvalue weighted by atomic mass is 16.5. The van der Waals surface area contributed by atoms with Gasteiger partial charge < -0.3 is 15.2 Å². The van der Waals surface area contributed by atoms with Gasteiger partial charge in [-0.3, -0.25) is 0 Å². The lowest BCUT2D eigenvalue weighted by atomic mass is 10.0. The molecule has 3 heteroatoms. The lowest BCUT2D eigenvalue weighted by Gasteiger charge is -2.16. The molecule has 0 fully saturated rings. The van der Waals surface area contributed by atoms with Crippen LogP contribution in [0.3, 0.4) is 0 Å². The zero-order chi connectivity index (χ0) is 14.1. The van der Waals surface area contributed by atoms with Crippen molar-refractivity contribution in [1.29, 1.82) is 0 Å². The maximum absolute atomic E-state index is 6.03. The van der Waals surface area contributed by atoms with E-state index < -0.39 is 0 Å². The predicted molar refractivity (Wildman–Crippen MR) is 78.5 cm³/mol. The second-order valence-corrected chi connectivity index (χ2v) is 4.27. The molecule has 0 bridgehead atoms. The summed E-state index contributed by atoms with van der Waals surface area (Å²) in [5.74, 6) is 7.26. The summed E-state index contributed by atoms with van der Waals surface area (Å²) in [5.41, 5.74) is 7.11. The molecule has 1 atom stereocenters.